The fourth-order valence-corrected chi connectivity index (χ4v) is 0.231. The summed E-state index contributed by atoms with van der Waals surface area (Å²) in [6.45, 7) is 1.89. The largest absolute Gasteiger partial charge is 0.304 e. The van der Waals surface area contributed by atoms with Crippen LogP contribution in [0.5, 0.6) is 0 Å². The van der Waals surface area contributed by atoms with Gasteiger partial charge in [0, 0.05) is 20.3 Å². The molecular formula is C6H18N2. The van der Waals surface area contributed by atoms with Gasteiger partial charge in [0.2, 0.25) is 0 Å². The van der Waals surface area contributed by atoms with Gasteiger partial charge in [-0.3, -0.25) is 0 Å². The normalized spacial score (nSPS) is 7.38. The highest BCUT2D eigenvalue weighted by Gasteiger charge is 1.66. The van der Waals surface area contributed by atoms with Gasteiger partial charge in [0.05, 0.1) is 0 Å². The second-order valence-electron chi connectivity index (χ2n) is 1.22. The maximum atomic E-state index is 3.83. The third-order valence-corrected chi connectivity index (χ3v) is 0.346. The van der Waals surface area contributed by atoms with Gasteiger partial charge in [-0.15, -0.1) is 0 Å². The van der Waals surface area contributed by atoms with E-state index in [1.54, 1.807) is 11.2 Å². The summed E-state index contributed by atoms with van der Waals surface area (Å²) in [5, 5.41) is 5.58. The third-order valence-electron chi connectivity index (χ3n) is 0.346. The van der Waals surface area contributed by atoms with E-state index in [1.165, 1.54) is 0 Å². The van der Waals surface area contributed by atoms with Crippen LogP contribution in [-0.4, -0.2) is 25.3 Å². The SMILES string of the molecule is C.C.C/C=N/N(C)C. The molecule has 0 saturated heterocycles. The van der Waals surface area contributed by atoms with Gasteiger partial charge in [-0.05, 0) is 6.92 Å². The van der Waals surface area contributed by atoms with Crippen molar-refractivity contribution in [2.75, 3.05) is 14.1 Å². The molecule has 0 aromatic carbocycles. The van der Waals surface area contributed by atoms with Crippen molar-refractivity contribution in [2.24, 2.45) is 5.10 Å². The standard InChI is InChI=1S/C4H10N2.2CH4/c1-4-5-6(2)3;;/h4H,1-3H3;2*1H4/b5-4+;;. The Bertz CT molecular complexity index is 48.5. The fourth-order valence-electron chi connectivity index (χ4n) is 0.231. The summed E-state index contributed by atoms with van der Waals surface area (Å²) >= 11 is 0. The van der Waals surface area contributed by atoms with E-state index in [2.05, 4.69) is 5.10 Å². The van der Waals surface area contributed by atoms with E-state index >= 15 is 0 Å². The lowest BCUT2D eigenvalue weighted by Gasteiger charge is -1.98. The van der Waals surface area contributed by atoms with E-state index in [-0.39, 0.29) is 14.9 Å². The summed E-state index contributed by atoms with van der Waals surface area (Å²) in [6.07, 6.45) is 1.75. The van der Waals surface area contributed by atoms with Gasteiger partial charge in [0.15, 0.2) is 0 Å². The molecule has 0 radical (unpaired) electrons. The molecule has 52 valence electrons. The molecule has 0 spiro atoms. The van der Waals surface area contributed by atoms with Crippen molar-refractivity contribution in [1.29, 1.82) is 0 Å². The fraction of sp³-hybridized carbons (Fsp3) is 0.833. The molecule has 0 fully saturated rings. The first kappa shape index (κ1) is 15.6. The molecule has 0 atom stereocenters. The molecule has 0 aromatic heterocycles. The van der Waals surface area contributed by atoms with Gasteiger partial charge in [-0.2, -0.15) is 5.10 Å². The van der Waals surface area contributed by atoms with E-state index in [0.29, 0.717) is 0 Å². The number of rotatable bonds is 1. The Morgan fingerprint density at radius 1 is 1.25 bits per heavy atom. The molecule has 0 unspecified atom stereocenters. The minimum Gasteiger partial charge on any atom is -0.304 e. The summed E-state index contributed by atoms with van der Waals surface area (Å²) in [6, 6.07) is 0. The highest BCUT2D eigenvalue weighted by molar-refractivity contribution is 5.52. The first-order valence-electron chi connectivity index (χ1n) is 1.93. The molecule has 0 heterocycles. The molecule has 0 aliphatic heterocycles. The molecule has 0 aromatic rings. The summed E-state index contributed by atoms with van der Waals surface area (Å²) in [5.41, 5.74) is 0. The van der Waals surface area contributed by atoms with Crippen molar-refractivity contribution in [3.63, 3.8) is 0 Å². The van der Waals surface area contributed by atoms with Gasteiger partial charge in [0.1, 0.15) is 0 Å². The molecule has 0 bridgehead atoms. The Labute approximate surface area is 53.2 Å². The summed E-state index contributed by atoms with van der Waals surface area (Å²) in [4.78, 5) is 0. The van der Waals surface area contributed by atoms with Crippen LogP contribution in [0.2, 0.25) is 0 Å². The van der Waals surface area contributed by atoms with E-state index < -0.39 is 0 Å². The van der Waals surface area contributed by atoms with Gasteiger partial charge in [-0.25, -0.2) is 0 Å². The van der Waals surface area contributed by atoms with E-state index in [4.69, 9.17) is 0 Å². The molecule has 0 N–H and O–H groups in total. The molecule has 0 aliphatic rings. The summed E-state index contributed by atoms with van der Waals surface area (Å²) in [5.74, 6) is 0. The quantitative estimate of drug-likeness (QED) is 0.379. The van der Waals surface area contributed by atoms with Gasteiger partial charge in [0.25, 0.3) is 0 Å². The van der Waals surface area contributed by atoms with Crippen molar-refractivity contribution < 1.29 is 0 Å². The van der Waals surface area contributed by atoms with Crippen LogP contribution in [0.4, 0.5) is 0 Å². The van der Waals surface area contributed by atoms with Crippen molar-refractivity contribution in [3.8, 4) is 0 Å². The number of nitrogens with zero attached hydrogens (tertiary/aromatic N) is 2. The highest BCUT2D eigenvalue weighted by Crippen LogP contribution is 1.67. The average molecular weight is 118 g/mol. The monoisotopic (exact) mass is 118 g/mol. The highest BCUT2D eigenvalue weighted by atomic mass is 15.4. The lowest BCUT2D eigenvalue weighted by Crippen LogP contribution is -2.00. The van der Waals surface area contributed by atoms with Gasteiger partial charge >= 0.3 is 0 Å². The lowest BCUT2D eigenvalue weighted by atomic mass is 10.9. The van der Waals surface area contributed by atoms with Crippen LogP contribution in [-0.2, 0) is 0 Å². The number of hydrogen-bond acceptors (Lipinski definition) is 2. The van der Waals surface area contributed by atoms with Crippen molar-refractivity contribution in [2.45, 2.75) is 21.8 Å². The van der Waals surface area contributed by atoms with Crippen LogP contribution in [0.15, 0.2) is 5.10 Å². The smallest absolute Gasteiger partial charge is 0.0244 e. The van der Waals surface area contributed by atoms with Crippen LogP contribution in [0, 0.1) is 0 Å². The Balaban J connectivity index is -0.000000125. The minimum atomic E-state index is 0. The molecular weight excluding hydrogens is 100 g/mol. The lowest BCUT2D eigenvalue weighted by molar-refractivity contribution is 0.440. The summed E-state index contributed by atoms with van der Waals surface area (Å²) in [7, 11) is 3.78. The second kappa shape index (κ2) is 9.69. The zero-order valence-corrected chi connectivity index (χ0v) is 4.47. The van der Waals surface area contributed by atoms with Crippen molar-refractivity contribution >= 4 is 6.21 Å². The topological polar surface area (TPSA) is 15.6 Å². The molecule has 2 heteroatoms. The Morgan fingerprint density at radius 3 is 1.62 bits per heavy atom. The minimum absolute atomic E-state index is 0. The maximum absolute atomic E-state index is 3.83. The first-order chi connectivity index (χ1) is 2.77. The van der Waals surface area contributed by atoms with Gasteiger partial charge in [-0.1, -0.05) is 14.9 Å². The van der Waals surface area contributed by atoms with Crippen LogP contribution in [0.25, 0.3) is 0 Å². The number of hydrazone groups is 1. The average Bonchev–Trinajstić information content (AvgIpc) is 1.35. The molecule has 2 nitrogen and oxygen atoms in total. The molecule has 8 heavy (non-hydrogen) atoms. The molecule has 0 amide bonds. The molecule has 0 aliphatic carbocycles. The summed E-state index contributed by atoms with van der Waals surface area (Å²) < 4.78 is 0. The predicted octanol–water partition coefficient (Wildman–Crippen LogP) is 1.83. The van der Waals surface area contributed by atoms with Crippen molar-refractivity contribution in [3.05, 3.63) is 0 Å². The van der Waals surface area contributed by atoms with Crippen molar-refractivity contribution in [1.82, 2.24) is 5.01 Å². The maximum Gasteiger partial charge on any atom is 0.0244 e. The first-order valence-corrected chi connectivity index (χ1v) is 1.93. The van der Waals surface area contributed by atoms with Crippen LogP contribution in [0.3, 0.4) is 0 Å². The molecule has 0 rings (SSSR count). The zero-order valence-electron chi connectivity index (χ0n) is 4.47. The van der Waals surface area contributed by atoms with Gasteiger partial charge < -0.3 is 5.01 Å². The van der Waals surface area contributed by atoms with Crippen LogP contribution < -0.4 is 0 Å². The Kier molecular flexibility index (Phi) is 19.0. The Morgan fingerprint density at radius 2 is 1.62 bits per heavy atom. The second-order valence-corrected chi connectivity index (χ2v) is 1.22. The van der Waals surface area contributed by atoms with Crippen LogP contribution >= 0.6 is 0 Å². The predicted molar refractivity (Wildman–Crippen MR) is 41.3 cm³/mol. The molecule has 0 saturated carbocycles. The Hall–Kier alpha value is -0.530. The van der Waals surface area contributed by atoms with E-state index in [9.17, 15) is 0 Å². The number of hydrogen-bond donors (Lipinski definition) is 0. The van der Waals surface area contributed by atoms with E-state index in [1.807, 2.05) is 21.0 Å². The van der Waals surface area contributed by atoms with Crippen LogP contribution in [0.1, 0.15) is 21.8 Å². The third kappa shape index (κ3) is 17.9. The zero-order chi connectivity index (χ0) is 4.99. The van der Waals surface area contributed by atoms with E-state index in [0.717, 1.165) is 0 Å².